The number of benzene rings is 2. The Bertz CT molecular complexity index is 750. The van der Waals surface area contributed by atoms with Crippen LogP contribution in [0.25, 0.3) is 0 Å². The molecule has 0 spiro atoms. The van der Waals surface area contributed by atoms with Gasteiger partial charge in [-0.15, -0.1) is 0 Å². The Balaban J connectivity index is 2.27. The molecule has 134 valence electrons. The van der Waals surface area contributed by atoms with Gasteiger partial charge in [0.1, 0.15) is 12.4 Å². The predicted octanol–water partition coefficient (Wildman–Crippen LogP) is 5.36. The second-order valence-electron chi connectivity index (χ2n) is 6.38. The molecule has 2 aromatic carbocycles. The quantitative estimate of drug-likeness (QED) is 0.738. The van der Waals surface area contributed by atoms with Gasteiger partial charge in [-0.25, -0.2) is 0 Å². The van der Waals surface area contributed by atoms with E-state index in [1.54, 1.807) is 0 Å². The Morgan fingerprint density at radius 3 is 2.36 bits per heavy atom. The molecule has 0 aliphatic heterocycles. The van der Waals surface area contributed by atoms with Crippen LogP contribution in [-0.2, 0) is 24.2 Å². The molecule has 2 rings (SSSR count). The maximum atomic E-state index is 11.8. The summed E-state index contributed by atoms with van der Waals surface area (Å²) in [6, 6.07) is 10.3. The van der Waals surface area contributed by atoms with Gasteiger partial charge < -0.3 is 10.1 Å². The van der Waals surface area contributed by atoms with Crippen molar-refractivity contribution in [1.82, 2.24) is 0 Å². The molecular formula is C22H29NO2. The first kappa shape index (κ1) is 19.0. The van der Waals surface area contributed by atoms with Gasteiger partial charge in [0.15, 0.2) is 0 Å². The minimum Gasteiger partial charge on any atom is -0.489 e. The van der Waals surface area contributed by atoms with Gasteiger partial charge in [-0.05, 0) is 61.1 Å². The molecule has 0 radical (unpaired) electrons. The smallest absolute Gasteiger partial charge is 0.224 e. The first-order chi connectivity index (χ1) is 12.0. The number of amides is 1. The van der Waals surface area contributed by atoms with Crippen LogP contribution in [0.1, 0.15) is 55.0 Å². The third-order valence-electron chi connectivity index (χ3n) is 4.66. The summed E-state index contributed by atoms with van der Waals surface area (Å²) >= 11 is 0. The van der Waals surface area contributed by atoms with Crippen molar-refractivity contribution in [3.8, 4) is 5.75 Å². The summed E-state index contributed by atoms with van der Waals surface area (Å²) in [5, 5.41) is 2.98. The highest BCUT2D eigenvalue weighted by atomic mass is 16.5. The molecule has 0 unspecified atom stereocenters. The molecule has 2 aromatic rings. The SMILES string of the molecule is CCC(=O)Nc1cccc(C)c1COc1cc(C)c(CC)cc1CC. The zero-order chi connectivity index (χ0) is 18.4. The molecule has 3 nitrogen and oxygen atoms in total. The number of hydrogen-bond donors (Lipinski definition) is 1. The van der Waals surface area contributed by atoms with Crippen LogP contribution in [0.3, 0.4) is 0 Å². The fourth-order valence-corrected chi connectivity index (χ4v) is 2.97. The molecule has 0 saturated carbocycles. The highest BCUT2D eigenvalue weighted by Gasteiger charge is 2.11. The topological polar surface area (TPSA) is 38.3 Å². The van der Waals surface area contributed by atoms with Crippen LogP contribution in [0.5, 0.6) is 5.75 Å². The Hall–Kier alpha value is -2.29. The molecule has 25 heavy (non-hydrogen) atoms. The van der Waals surface area contributed by atoms with E-state index in [1.165, 1.54) is 16.7 Å². The van der Waals surface area contributed by atoms with Crippen LogP contribution in [0.2, 0.25) is 0 Å². The summed E-state index contributed by atoms with van der Waals surface area (Å²) in [5.41, 5.74) is 6.86. The van der Waals surface area contributed by atoms with Crippen molar-refractivity contribution in [1.29, 1.82) is 0 Å². The zero-order valence-corrected chi connectivity index (χ0v) is 16.0. The van der Waals surface area contributed by atoms with Gasteiger partial charge in [-0.2, -0.15) is 0 Å². The second kappa shape index (κ2) is 8.70. The van der Waals surface area contributed by atoms with E-state index in [4.69, 9.17) is 4.74 Å². The van der Waals surface area contributed by atoms with E-state index in [0.29, 0.717) is 13.0 Å². The number of nitrogens with one attached hydrogen (secondary N) is 1. The molecule has 0 aliphatic carbocycles. The van der Waals surface area contributed by atoms with E-state index in [-0.39, 0.29) is 5.91 Å². The van der Waals surface area contributed by atoms with Gasteiger partial charge in [0, 0.05) is 17.7 Å². The maximum absolute atomic E-state index is 11.8. The van der Waals surface area contributed by atoms with Crippen molar-refractivity contribution in [2.24, 2.45) is 0 Å². The lowest BCUT2D eigenvalue weighted by atomic mass is 10.0. The molecular weight excluding hydrogens is 310 g/mol. The van der Waals surface area contributed by atoms with Gasteiger partial charge in [0.05, 0.1) is 0 Å². The molecule has 0 saturated heterocycles. The highest BCUT2D eigenvalue weighted by molar-refractivity contribution is 5.91. The molecule has 0 aliphatic rings. The van der Waals surface area contributed by atoms with E-state index in [1.807, 2.05) is 32.0 Å². The van der Waals surface area contributed by atoms with Crippen molar-refractivity contribution in [3.63, 3.8) is 0 Å². The Labute approximate surface area is 151 Å². The number of hydrogen-bond acceptors (Lipinski definition) is 2. The molecule has 1 N–H and O–H groups in total. The number of aryl methyl sites for hydroxylation is 4. The lowest BCUT2D eigenvalue weighted by molar-refractivity contribution is -0.115. The van der Waals surface area contributed by atoms with Crippen molar-refractivity contribution < 1.29 is 9.53 Å². The van der Waals surface area contributed by atoms with Crippen LogP contribution in [-0.4, -0.2) is 5.91 Å². The normalized spacial score (nSPS) is 10.6. The summed E-state index contributed by atoms with van der Waals surface area (Å²) in [4.78, 5) is 11.8. The van der Waals surface area contributed by atoms with E-state index in [0.717, 1.165) is 35.4 Å². The average Bonchev–Trinajstić information content (AvgIpc) is 2.61. The lowest BCUT2D eigenvalue weighted by Gasteiger charge is -2.17. The number of carbonyl (C=O) groups excluding carboxylic acids is 1. The summed E-state index contributed by atoms with van der Waals surface area (Å²) in [7, 11) is 0. The van der Waals surface area contributed by atoms with Gasteiger partial charge in [0.2, 0.25) is 5.91 Å². The molecule has 0 fully saturated rings. The molecule has 0 heterocycles. The summed E-state index contributed by atoms with van der Waals surface area (Å²) in [6.07, 6.45) is 2.44. The van der Waals surface area contributed by atoms with Gasteiger partial charge in [-0.1, -0.05) is 39.0 Å². The van der Waals surface area contributed by atoms with Crippen LogP contribution >= 0.6 is 0 Å². The van der Waals surface area contributed by atoms with Crippen LogP contribution in [0.4, 0.5) is 5.69 Å². The van der Waals surface area contributed by atoms with Crippen molar-refractivity contribution in [2.45, 2.75) is 60.5 Å². The lowest BCUT2D eigenvalue weighted by Crippen LogP contribution is -2.13. The number of anilines is 1. The summed E-state index contributed by atoms with van der Waals surface area (Å²) in [6.45, 7) is 10.8. The highest BCUT2D eigenvalue weighted by Crippen LogP contribution is 2.27. The fraction of sp³-hybridized carbons (Fsp3) is 0.409. The number of ether oxygens (including phenoxy) is 1. The summed E-state index contributed by atoms with van der Waals surface area (Å²) < 4.78 is 6.18. The Morgan fingerprint density at radius 1 is 1.00 bits per heavy atom. The van der Waals surface area contributed by atoms with E-state index in [9.17, 15) is 4.79 Å². The maximum Gasteiger partial charge on any atom is 0.224 e. The summed E-state index contributed by atoms with van der Waals surface area (Å²) in [5.74, 6) is 0.956. The van der Waals surface area contributed by atoms with Crippen molar-refractivity contribution >= 4 is 11.6 Å². The average molecular weight is 339 g/mol. The molecule has 0 atom stereocenters. The third-order valence-corrected chi connectivity index (χ3v) is 4.66. The van der Waals surface area contributed by atoms with Crippen molar-refractivity contribution in [2.75, 3.05) is 5.32 Å². The van der Waals surface area contributed by atoms with Gasteiger partial charge in [0.25, 0.3) is 0 Å². The first-order valence-electron chi connectivity index (χ1n) is 9.13. The van der Waals surface area contributed by atoms with E-state index >= 15 is 0 Å². The third kappa shape index (κ3) is 4.62. The Morgan fingerprint density at radius 2 is 1.72 bits per heavy atom. The first-order valence-corrected chi connectivity index (χ1v) is 9.13. The number of rotatable bonds is 7. The van der Waals surface area contributed by atoms with Crippen LogP contribution in [0, 0.1) is 13.8 Å². The molecule has 0 bridgehead atoms. The minimum absolute atomic E-state index is 0.0178. The van der Waals surface area contributed by atoms with E-state index in [2.05, 4.69) is 38.2 Å². The number of carbonyl (C=O) groups is 1. The van der Waals surface area contributed by atoms with Crippen LogP contribution < -0.4 is 10.1 Å². The van der Waals surface area contributed by atoms with Crippen molar-refractivity contribution in [3.05, 3.63) is 58.1 Å². The van der Waals surface area contributed by atoms with E-state index < -0.39 is 0 Å². The Kier molecular flexibility index (Phi) is 6.63. The predicted molar refractivity (Wildman–Crippen MR) is 104 cm³/mol. The van der Waals surface area contributed by atoms with Gasteiger partial charge in [-0.3, -0.25) is 4.79 Å². The molecule has 3 heteroatoms. The molecule has 0 aromatic heterocycles. The monoisotopic (exact) mass is 339 g/mol. The van der Waals surface area contributed by atoms with Gasteiger partial charge >= 0.3 is 0 Å². The fourth-order valence-electron chi connectivity index (χ4n) is 2.97. The van der Waals surface area contributed by atoms with Crippen LogP contribution in [0.15, 0.2) is 30.3 Å². The second-order valence-corrected chi connectivity index (χ2v) is 6.38. The zero-order valence-electron chi connectivity index (χ0n) is 16.0. The minimum atomic E-state index is 0.0178. The largest absolute Gasteiger partial charge is 0.489 e. The molecule has 1 amide bonds. The standard InChI is InChI=1S/C22H29NO2/c1-6-17-13-18(7-2)21(12-16(17)5)25-14-19-15(4)10-9-11-20(19)23-22(24)8-3/h9-13H,6-8,14H2,1-5H3,(H,23,24).